The Morgan fingerprint density at radius 1 is 0.717 bits per heavy atom. The van der Waals surface area contributed by atoms with Crippen LogP contribution in [0.25, 0.3) is 0 Å². The normalized spacial score (nSPS) is 33.2. The van der Waals surface area contributed by atoms with Gasteiger partial charge in [-0.15, -0.1) is 0 Å². The third kappa shape index (κ3) is 7.71. The van der Waals surface area contributed by atoms with Crippen LogP contribution in [0, 0.1) is 37.5 Å². The molecule has 6 rings (SSSR count). The van der Waals surface area contributed by atoms with E-state index < -0.39 is 0 Å². The van der Waals surface area contributed by atoms with Gasteiger partial charge in [0, 0.05) is 11.8 Å². The van der Waals surface area contributed by atoms with E-state index in [-0.39, 0.29) is 23.4 Å². The summed E-state index contributed by atoms with van der Waals surface area (Å²) in [7, 11) is 0. The Kier molecular flexibility index (Phi) is 10.7. The average molecular weight is 621 g/mol. The van der Waals surface area contributed by atoms with E-state index >= 15 is 0 Å². The number of ether oxygens (including phenoxy) is 2. The van der Waals surface area contributed by atoms with Gasteiger partial charge in [0.05, 0.1) is 23.4 Å². The first-order valence-electron chi connectivity index (χ1n) is 17.9. The molecule has 0 N–H and O–H groups in total. The van der Waals surface area contributed by atoms with Crippen molar-refractivity contribution in [1.82, 2.24) is 0 Å². The molecule has 248 valence electrons. The predicted octanol–water partition coefficient (Wildman–Crippen LogP) is 12.3. The Morgan fingerprint density at radius 3 is 1.67 bits per heavy atom. The first-order valence-corrected chi connectivity index (χ1v) is 17.9. The molecule has 2 aliphatic carbocycles. The van der Waals surface area contributed by atoms with Gasteiger partial charge < -0.3 is 9.47 Å². The topological polar surface area (TPSA) is 18.5 Å². The third-order valence-electron chi connectivity index (χ3n) is 11.6. The van der Waals surface area contributed by atoms with Gasteiger partial charge in [-0.1, -0.05) is 107 Å². The highest BCUT2D eigenvalue weighted by Crippen LogP contribution is 2.54. The fourth-order valence-corrected chi connectivity index (χ4v) is 8.25. The largest absolute Gasteiger partial charge is 0.366 e. The Bertz CT molecular complexity index is 1450. The molecule has 4 aliphatic rings. The van der Waals surface area contributed by atoms with Crippen LogP contribution in [0.3, 0.4) is 0 Å². The lowest BCUT2D eigenvalue weighted by Crippen LogP contribution is -2.48. The Labute approximate surface area is 281 Å². The van der Waals surface area contributed by atoms with Gasteiger partial charge in [-0.05, 0) is 130 Å². The van der Waals surface area contributed by atoms with Gasteiger partial charge in [0.25, 0.3) is 0 Å². The number of hydrogen-bond acceptors (Lipinski definition) is 2. The lowest BCUT2D eigenvalue weighted by Gasteiger charge is -2.52. The molecular formula is C44H60O2. The second-order valence-corrected chi connectivity index (χ2v) is 16.0. The molecule has 0 amide bonds. The van der Waals surface area contributed by atoms with Gasteiger partial charge in [0.2, 0.25) is 0 Å². The van der Waals surface area contributed by atoms with E-state index in [1.54, 1.807) is 0 Å². The molecule has 2 saturated heterocycles. The Hall–Kier alpha value is -2.68. The lowest BCUT2D eigenvalue weighted by atomic mass is 9.65. The zero-order valence-electron chi connectivity index (χ0n) is 30.3. The smallest absolute Gasteiger partial charge is 0.0897 e. The first kappa shape index (κ1) is 34.6. The second-order valence-electron chi connectivity index (χ2n) is 16.0. The van der Waals surface area contributed by atoms with E-state index in [2.05, 4.69) is 136 Å². The molecule has 4 unspecified atom stereocenters. The van der Waals surface area contributed by atoms with E-state index in [0.717, 1.165) is 25.7 Å². The number of rotatable bonds is 6. The number of benzene rings is 2. The highest BCUT2D eigenvalue weighted by Gasteiger charge is 2.49. The Balaban J connectivity index is 0.000000181. The molecule has 2 aromatic carbocycles. The maximum Gasteiger partial charge on any atom is 0.0897 e. The van der Waals surface area contributed by atoms with Crippen LogP contribution in [0.4, 0.5) is 0 Å². The summed E-state index contributed by atoms with van der Waals surface area (Å²) in [6, 6.07) is 17.8. The SMILES string of the molecule is C=C1CC[C@H]2C[C@@H]1C(c1ccc(C)cc1)OC2(C)CC=C(C)C.CC(C)=CCC1(C)OC(c2ccc(C)cc2)[C@H]2C[C@@H]1CC=C2C. The summed E-state index contributed by atoms with van der Waals surface area (Å²) in [5, 5.41) is 0. The Morgan fingerprint density at radius 2 is 1.17 bits per heavy atom. The van der Waals surface area contributed by atoms with Crippen LogP contribution in [0.2, 0.25) is 0 Å². The molecule has 0 aromatic heterocycles. The van der Waals surface area contributed by atoms with Gasteiger partial charge in [0.15, 0.2) is 0 Å². The van der Waals surface area contributed by atoms with E-state index in [0.29, 0.717) is 23.7 Å². The van der Waals surface area contributed by atoms with Crippen LogP contribution in [-0.4, -0.2) is 11.2 Å². The molecule has 2 nitrogen and oxygen atoms in total. The zero-order chi connectivity index (χ0) is 33.2. The summed E-state index contributed by atoms with van der Waals surface area (Å²) in [6.45, 7) is 24.3. The fraction of sp³-hybridized carbons (Fsp3) is 0.545. The van der Waals surface area contributed by atoms with Crippen molar-refractivity contribution in [2.75, 3.05) is 0 Å². The van der Waals surface area contributed by atoms with Crippen LogP contribution in [0.1, 0.15) is 128 Å². The standard InChI is InChI=1S/2C22H30O/c2*1-15(2)12-13-22(5)19-11-8-17(4)20(14-19)21(23-22)18-9-6-16(3)7-10-18/h6-10,12,19-21H,11,13-14H2,1-5H3;6-7,9-10,12,19-21H,4,8,11,13-14H2,1-3,5H3/t2*19-,20-,21?,22?/m00/s1. The van der Waals surface area contributed by atoms with Crippen LogP contribution in [-0.2, 0) is 9.47 Å². The highest BCUT2D eigenvalue weighted by molar-refractivity contribution is 5.29. The number of allylic oxidation sites excluding steroid dienone is 3. The van der Waals surface area contributed by atoms with Crippen molar-refractivity contribution in [1.29, 1.82) is 0 Å². The van der Waals surface area contributed by atoms with Gasteiger partial charge in [0.1, 0.15) is 0 Å². The van der Waals surface area contributed by atoms with E-state index in [1.165, 1.54) is 63.8 Å². The molecule has 2 aromatic rings. The van der Waals surface area contributed by atoms with Crippen molar-refractivity contribution in [2.45, 2.75) is 131 Å². The van der Waals surface area contributed by atoms with Crippen molar-refractivity contribution >= 4 is 0 Å². The fourth-order valence-electron chi connectivity index (χ4n) is 8.25. The molecule has 8 atom stereocenters. The molecular weight excluding hydrogens is 560 g/mol. The summed E-state index contributed by atoms with van der Waals surface area (Å²) in [5.41, 5.74) is 10.8. The van der Waals surface area contributed by atoms with Gasteiger partial charge >= 0.3 is 0 Å². The molecule has 1 saturated carbocycles. The molecule has 3 fully saturated rings. The summed E-state index contributed by atoms with van der Waals surface area (Å²) in [4.78, 5) is 0. The number of aryl methyl sites for hydroxylation is 2. The molecule has 0 spiro atoms. The maximum atomic E-state index is 6.80. The quantitative estimate of drug-likeness (QED) is 0.299. The lowest BCUT2D eigenvalue weighted by molar-refractivity contribution is -0.181. The van der Waals surface area contributed by atoms with Crippen LogP contribution in [0.5, 0.6) is 0 Å². The van der Waals surface area contributed by atoms with Gasteiger partial charge in [-0.3, -0.25) is 0 Å². The monoisotopic (exact) mass is 620 g/mol. The van der Waals surface area contributed by atoms with Crippen molar-refractivity contribution in [3.63, 3.8) is 0 Å². The van der Waals surface area contributed by atoms with Crippen molar-refractivity contribution in [3.8, 4) is 0 Å². The van der Waals surface area contributed by atoms with Crippen LogP contribution < -0.4 is 0 Å². The van der Waals surface area contributed by atoms with E-state index in [4.69, 9.17) is 9.47 Å². The minimum absolute atomic E-state index is 0.0516. The van der Waals surface area contributed by atoms with Crippen molar-refractivity contribution < 1.29 is 9.47 Å². The zero-order valence-corrected chi connectivity index (χ0v) is 30.3. The highest BCUT2D eigenvalue weighted by atomic mass is 16.5. The van der Waals surface area contributed by atoms with Crippen molar-refractivity contribution in [2.24, 2.45) is 23.7 Å². The second kappa shape index (κ2) is 14.2. The minimum atomic E-state index is -0.0550. The molecule has 46 heavy (non-hydrogen) atoms. The molecule has 2 aliphatic heterocycles. The summed E-state index contributed by atoms with van der Waals surface area (Å²) < 4.78 is 13.6. The number of hydrogen-bond donors (Lipinski definition) is 0. The molecule has 2 heteroatoms. The van der Waals surface area contributed by atoms with E-state index in [1.807, 2.05) is 0 Å². The van der Waals surface area contributed by atoms with Gasteiger partial charge in [-0.2, -0.15) is 0 Å². The maximum absolute atomic E-state index is 6.80. The van der Waals surface area contributed by atoms with Crippen molar-refractivity contribution in [3.05, 3.63) is 118 Å². The van der Waals surface area contributed by atoms with Gasteiger partial charge in [-0.25, -0.2) is 0 Å². The van der Waals surface area contributed by atoms with Crippen LogP contribution in [0.15, 0.2) is 95.6 Å². The number of fused-ring (bicyclic) bond motifs is 4. The first-order chi connectivity index (χ1) is 21.8. The molecule has 4 bridgehead atoms. The molecule has 0 radical (unpaired) electrons. The van der Waals surface area contributed by atoms with Crippen LogP contribution >= 0.6 is 0 Å². The summed E-state index contributed by atoms with van der Waals surface area (Å²) in [5.74, 6) is 2.30. The average Bonchev–Trinajstić information content (AvgIpc) is 3.02. The molecule has 2 heterocycles. The predicted molar refractivity (Wildman–Crippen MR) is 195 cm³/mol. The summed E-state index contributed by atoms with van der Waals surface area (Å²) in [6.07, 6.45) is 15.6. The minimum Gasteiger partial charge on any atom is -0.366 e. The summed E-state index contributed by atoms with van der Waals surface area (Å²) >= 11 is 0. The third-order valence-corrected chi connectivity index (χ3v) is 11.6. The van der Waals surface area contributed by atoms with E-state index in [9.17, 15) is 0 Å².